The number of anilines is 1. The average Bonchev–Trinajstić information content (AvgIpc) is 2.95. The molecule has 2 rings (SSSR count). The first-order valence-electron chi connectivity index (χ1n) is 5.30. The lowest BCUT2D eigenvalue weighted by molar-refractivity contribution is 0.0685. The maximum atomic E-state index is 12.1. The number of thiazole rings is 1. The lowest BCUT2D eigenvalue weighted by Gasteiger charge is -2.02. The number of carboxylic acid groups (broad SMARTS) is 1. The molecule has 0 aromatic carbocycles. The van der Waals surface area contributed by atoms with E-state index in [2.05, 4.69) is 9.71 Å². The molecule has 2 N–H and O–H groups in total. The molecule has 0 amide bonds. The molecule has 9 heteroatoms. The van der Waals surface area contributed by atoms with Gasteiger partial charge in [-0.05, 0) is 13.0 Å². The topological polar surface area (TPSA) is 101 Å². The normalized spacial score (nSPS) is 11.4. The minimum Gasteiger partial charge on any atom is -0.477 e. The zero-order valence-corrected chi connectivity index (χ0v) is 11.5. The zero-order valence-electron chi connectivity index (χ0n) is 9.90. The van der Waals surface area contributed by atoms with Gasteiger partial charge in [-0.25, -0.2) is 18.2 Å². The van der Waals surface area contributed by atoms with Crippen molar-refractivity contribution in [1.82, 2.24) is 9.55 Å². The van der Waals surface area contributed by atoms with Crippen molar-refractivity contribution in [1.29, 1.82) is 0 Å². The van der Waals surface area contributed by atoms with Crippen LogP contribution in [-0.4, -0.2) is 29.0 Å². The Hall–Kier alpha value is -1.87. The summed E-state index contributed by atoms with van der Waals surface area (Å²) in [5, 5.41) is 10.9. The molecule has 0 unspecified atom stereocenters. The predicted octanol–water partition coefficient (Wildman–Crippen LogP) is 1.46. The maximum absolute atomic E-state index is 12.1. The standard InChI is InChI=1S/C10H11N3O4S2/c1-2-13-6-7(5-8(13)9(14)15)19(16,17)12-10-11-3-4-18-10/h3-6H,2H2,1H3,(H,11,12)(H,14,15). The van der Waals surface area contributed by atoms with Gasteiger partial charge in [-0.2, -0.15) is 0 Å². The quantitative estimate of drug-likeness (QED) is 0.870. The molecule has 2 heterocycles. The van der Waals surface area contributed by atoms with Gasteiger partial charge in [0.15, 0.2) is 5.13 Å². The summed E-state index contributed by atoms with van der Waals surface area (Å²) in [4.78, 5) is 14.7. The molecular weight excluding hydrogens is 290 g/mol. The molecule has 2 aromatic rings. The highest BCUT2D eigenvalue weighted by molar-refractivity contribution is 7.93. The van der Waals surface area contributed by atoms with Gasteiger partial charge < -0.3 is 9.67 Å². The van der Waals surface area contributed by atoms with Crippen molar-refractivity contribution in [2.24, 2.45) is 0 Å². The van der Waals surface area contributed by atoms with Crippen molar-refractivity contribution in [3.05, 3.63) is 29.5 Å². The van der Waals surface area contributed by atoms with Gasteiger partial charge in [0.1, 0.15) is 10.6 Å². The average molecular weight is 301 g/mol. The van der Waals surface area contributed by atoms with E-state index in [4.69, 9.17) is 5.11 Å². The monoisotopic (exact) mass is 301 g/mol. The number of hydrogen-bond acceptors (Lipinski definition) is 5. The summed E-state index contributed by atoms with van der Waals surface area (Å²) in [6, 6.07) is 1.13. The fraction of sp³-hybridized carbons (Fsp3) is 0.200. The molecule has 0 radical (unpaired) electrons. The number of nitrogens with zero attached hydrogens (tertiary/aromatic N) is 2. The highest BCUT2D eigenvalue weighted by Gasteiger charge is 2.21. The van der Waals surface area contributed by atoms with E-state index in [0.717, 1.165) is 17.4 Å². The molecule has 0 aliphatic heterocycles. The molecule has 0 fully saturated rings. The fourth-order valence-corrected chi connectivity index (χ4v) is 3.35. The van der Waals surface area contributed by atoms with Gasteiger partial charge in [0.05, 0.1) is 0 Å². The van der Waals surface area contributed by atoms with Crippen LogP contribution in [0.2, 0.25) is 0 Å². The van der Waals surface area contributed by atoms with Gasteiger partial charge in [0.2, 0.25) is 0 Å². The SMILES string of the molecule is CCn1cc(S(=O)(=O)Nc2nccs2)cc1C(=O)O. The summed E-state index contributed by atoms with van der Waals surface area (Å²) in [6.07, 6.45) is 2.77. The van der Waals surface area contributed by atoms with Crippen molar-refractivity contribution in [2.45, 2.75) is 18.4 Å². The maximum Gasteiger partial charge on any atom is 0.352 e. The molecule has 0 bridgehead atoms. The lowest BCUT2D eigenvalue weighted by Crippen LogP contribution is -2.12. The van der Waals surface area contributed by atoms with Crippen LogP contribution >= 0.6 is 11.3 Å². The molecule has 0 aliphatic rings. The van der Waals surface area contributed by atoms with E-state index in [9.17, 15) is 13.2 Å². The largest absolute Gasteiger partial charge is 0.477 e. The van der Waals surface area contributed by atoms with Gasteiger partial charge in [-0.15, -0.1) is 11.3 Å². The molecule has 0 spiro atoms. The van der Waals surface area contributed by atoms with Crippen LogP contribution in [0.4, 0.5) is 5.13 Å². The van der Waals surface area contributed by atoms with E-state index in [1.165, 1.54) is 17.0 Å². The minimum atomic E-state index is -3.81. The second-order valence-electron chi connectivity index (χ2n) is 3.59. The van der Waals surface area contributed by atoms with Crippen LogP contribution in [-0.2, 0) is 16.6 Å². The fourth-order valence-electron chi connectivity index (χ4n) is 1.52. The molecule has 102 valence electrons. The lowest BCUT2D eigenvalue weighted by atomic mass is 10.4. The van der Waals surface area contributed by atoms with Crippen molar-refractivity contribution in [3.8, 4) is 0 Å². The third-order valence-electron chi connectivity index (χ3n) is 2.40. The van der Waals surface area contributed by atoms with E-state index in [1.807, 2.05) is 0 Å². The van der Waals surface area contributed by atoms with Crippen molar-refractivity contribution >= 4 is 32.5 Å². The second-order valence-corrected chi connectivity index (χ2v) is 6.17. The molecule has 0 saturated heterocycles. The minimum absolute atomic E-state index is 0.0676. The van der Waals surface area contributed by atoms with Crippen LogP contribution < -0.4 is 4.72 Å². The Bertz CT molecular complexity index is 688. The van der Waals surface area contributed by atoms with Gasteiger partial charge >= 0.3 is 5.97 Å². The van der Waals surface area contributed by atoms with Gasteiger partial charge in [0.25, 0.3) is 10.0 Å². The molecule has 19 heavy (non-hydrogen) atoms. The van der Waals surface area contributed by atoms with Crippen LogP contribution in [0.5, 0.6) is 0 Å². The summed E-state index contributed by atoms with van der Waals surface area (Å²) in [6.45, 7) is 2.10. The van der Waals surface area contributed by atoms with Crippen molar-refractivity contribution < 1.29 is 18.3 Å². The van der Waals surface area contributed by atoms with Gasteiger partial charge in [-0.1, -0.05) is 0 Å². The highest BCUT2D eigenvalue weighted by Crippen LogP contribution is 2.20. The number of hydrogen-bond donors (Lipinski definition) is 2. The number of carbonyl (C=O) groups is 1. The number of nitrogens with one attached hydrogen (secondary N) is 1. The number of aromatic carboxylic acids is 1. The summed E-state index contributed by atoms with van der Waals surface area (Å²) in [5.74, 6) is -1.17. The molecule has 0 saturated carbocycles. The van der Waals surface area contributed by atoms with E-state index in [1.54, 1.807) is 12.3 Å². The molecule has 0 atom stereocenters. The second kappa shape index (κ2) is 5.02. The number of rotatable bonds is 5. The Labute approximate surface area is 113 Å². The third-order valence-corrected chi connectivity index (χ3v) is 4.52. The molecule has 2 aromatic heterocycles. The van der Waals surface area contributed by atoms with E-state index in [-0.39, 0.29) is 15.7 Å². The highest BCUT2D eigenvalue weighted by atomic mass is 32.2. The van der Waals surface area contributed by atoms with Crippen molar-refractivity contribution in [2.75, 3.05) is 4.72 Å². The molecule has 0 aliphatic carbocycles. The summed E-state index contributed by atoms with van der Waals surface area (Å²) in [7, 11) is -3.81. The van der Waals surface area contributed by atoms with Crippen molar-refractivity contribution in [3.63, 3.8) is 0 Å². The molecule has 7 nitrogen and oxygen atoms in total. The number of aryl methyl sites for hydroxylation is 1. The first kappa shape index (κ1) is 13.6. The summed E-state index contributed by atoms with van der Waals surface area (Å²) >= 11 is 1.14. The van der Waals surface area contributed by atoms with Gasteiger partial charge in [0, 0.05) is 24.3 Å². The third kappa shape index (κ3) is 2.76. The zero-order chi connectivity index (χ0) is 14.0. The summed E-state index contributed by atoms with van der Waals surface area (Å²) < 4.78 is 27.8. The Morgan fingerprint density at radius 2 is 2.32 bits per heavy atom. The molecular formula is C10H11N3O4S2. The van der Waals surface area contributed by atoms with Crippen LogP contribution in [0.3, 0.4) is 0 Å². The van der Waals surface area contributed by atoms with E-state index in [0.29, 0.717) is 6.54 Å². The van der Waals surface area contributed by atoms with Crippen LogP contribution in [0.25, 0.3) is 0 Å². The summed E-state index contributed by atoms with van der Waals surface area (Å²) in [5.41, 5.74) is -0.0676. The smallest absolute Gasteiger partial charge is 0.352 e. The number of carboxylic acids is 1. The predicted molar refractivity (Wildman–Crippen MR) is 70.0 cm³/mol. The van der Waals surface area contributed by atoms with Crippen LogP contribution in [0, 0.1) is 0 Å². The number of sulfonamides is 1. The Morgan fingerprint density at radius 3 is 2.79 bits per heavy atom. The first-order chi connectivity index (χ1) is 8.94. The van der Waals surface area contributed by atoms with Crippen LogP contribution in [0.1, 0.15) is 17.4 Å². The Kier molecular flexibility index (Phi) is 3.58. The Morgan fingerprint density at radius 1 is 1.58 bits per heavy atom. The van der Waals surface area contributed by atoms with E-state index < -0.39 is 16.0 Å². The number of aromatic nitrogens is 2. The van der Waals surface area contributed by atoms with Gasteiger partial charge in [-0.3, -0.25) is 4.72 Å². The first-order valence-corrected chi connectivity index (χ1v) is 7.66. The Balaban J connectivity index is 2.38. The van der Waals surface area contributed by atoms with Crippen LogP contribution in [0.15, 0.2) is 28.7 Å². The van der Waals surface area contributed by atoms with E-state index >= 15 is 0 Å².